The number of benzene rings is 1. The molecule has 1 saturated carbocycles. The highest BCUT2D eigenvalue weighted by molar-refractivity contribution is 5.99. The summed E-state index contributed by atoms with van der Waals surface area (Å²) in [6, 6.07) is 5.55. The zero-order valence-electron chi connectivity index (χ0n) is 12.1. The molecule has 0 spiro atoms. The number of aromatic nitrogens is 1. The molecule has 0 saturated heterocycles. The summed E-state index contributed by atoms with van der Waals surface area (Å²) >= 11 is 0. The Morgan fingerprint density at radius 3 is 2.67 bits per heavy atom. The van der Waals surface area contributed by atoms with Gasteiger partial charge in [-0.2, -0.15) is 0 Å². The fourth-order valence-corrected chi connectivity index (χ4v) is 3.08. The number of nitro benzene ring substituents is 1. The van der Waals surface area contributed by atoms with Crippen molar-refractivity contribution >= 4 is 22.1 Å². The lowest BCUT2D eigenvalue weighted by Gasteiger charge is -2.28. The largest absolute Gasteiger partial charge is 0.382 e. The number of hydrogen-bond acceptors (Lipinski definition) is 4. The van der Waals surface area contributed by atoms with Crippen LogP contribution in [0.4, 0.5) is 11.4 Å². The van der Waals surface area contributed by atoms with Crippen molar-refractivity contribution in [3.63, 3.8) is 0 Å². The smallest absolute Gasteiger partial charge is 0.277 e. The van der Waals surface area contributed by atoms with E-state index in [2.05, 4.69) is 17.2 Å². The molecule has 2 aromatic rings. The molecule has 5 heteroatoms. The molecule has 0 radical (unpaired) electrons. The van der Waals surface area contributed by atoms with Crippen molar-refractivity contribution in [1.29, 1.82) is 0 Å². The first-order chi connectivity index (χ1) is 10.1. The van der Waals surface area contributed by atoms with E-state index in [1.54, 1.807) is 30.6 Å². The fourth-order valence-electron chi connectivity index (χ4n) is 3.08. The average Bonchev–Trinajstić information content (AvgIpc) is 2.49. The van der Waals surface area contributed by atoms with Crippen LogP contribution in [0.3, 0.4) is 0 Å². The van der Waals surface area contributed by atoms with Gasteiger partial charge >= 0.3 is 0 Å². The van der Waals surface area contributed by atoms with Crippen LogP contribution in [0.1, 0.15) is 32.6 Å². The minimum absolute atomic E-state index is 0.134. The Morgan fingerprint density at radius 1 is 1.19 bits per heavy atom. The second kappa shape index (κ2) is 5.68. The highest BCUT2D eigenvalue weighted by atomic mass is 16.6. The molecule has 110 valence electrons. The fraction of sp³-hybridized carbons (Fsp3) is 0.438. The normalized spacial score (nSPS) is 22.1. The van der Waals surface area contributed by atoms with Gasteiger partial charge in [0, 0.05) is 35.6 Å². The Hall–Kier alpha value is -2.17. The molecule has 5 nitrogen and oxygen atoms in total. The highest BCUT2D eigenvalue weighted by Gasteiger charge is 2.20. The summed E-state index contributed by atoms with van der Waals surface area (Å²) in [5, 5.41) is 16.1. The molecular formula is C16H19N3O2. The minimum Gasteiger partial charge on any atom is -0.382 e. The number of nitro groups is 1. The summed E-state index contributed by atoms with van der Waals surface area (Å²) in [6.07, 6.45) is 8.08. The third kappa shape index (κ3) is 2.82. The van der Waals surface area contributed by atoms with E-state index in [0.717, 1.165) is 29.8 Å². The van der Waals surface area contributed by atoms with Crippen molar-refractivity contribution < 1.29 is 4.92 Å². The van der Waals surface area contributed by atoms with Crippen LogP contribution < -0.4 is 5.32 Å². The molecule has 1 N–H and O–H groups in total. The molecule has 0 aliphatic heterocycles. The standard InChI is InChI=1S/C16H19N3O2/c1-11-2-4-12(5-3-11)18-15-6-7-16(19(20)21)13-8-9-17-10-14(13)15/h6-12,18H,2-5H2,1H3. The van der Waals surface area contributed by atoms with Crippen LogP contribution in [-0.4, -0.2) is 15.9 Å². The van der Waals surface area contributed by atoms with Crippen LogP contribution in [0.25, 0.3) is 10.8 Å². The SMILES string of the molecule is CC1CCC(Nc2ccc([N+](=O)[O-])c3ccncc23)CC1. The second-order valence-electron chi connectivity index (χ2n) is 5.91. The molecule has 1 aromatic heterocycles. The number of non-ortho nitro benzene ring substituents is 1. The van der Waals surface area contributed by atoms with Gasteiger partial charge in [-0.15, -0.1) is 0 Å². The van der Waals surface area contributed by atoms with Crippen molar-refractivity contribution in [2.75, 3.05) is 5.32 Å². The molecule has 1 aromatic carbocycles. The monoisotopic (exact) mass is 285 g/mol. The van der Waals surface area contributed by atoms with Gasteiger partial charge in [0.2, 0.25) is 0 Å². The zero-order chi connectivity index (χ0) is 14.8. The molecule has 1 aliphatic rings. The van der Waals surface area contributed by atoms with Crippen molar-refractivity contribution in [1.82, 2.24) is 4.98 Å². The topological polar surface area (TPSA) is 68.1 Å². The first-order valence-corrected chi connectivity index (χ1v) is 7.43. The first-order valence-electron chi connectivity index (χ1n) is 7.43. The Labute approximate surface area is 123 Å². The van der Waals surface area contributed by atoms with Gasteiger partial charge in [-0.25, -0.2) is 0 Å². The van der Waals surface area contributed by atoms with Crippen LogP contribution in [0, 0.1) is 16.0 Å². The number of anilines is 1. The quantitative estimate of drug-likeness (QED) is 0.680. The number of nitrogens with one attached hydrogen (secondary N) is 1. The highest BCUT2D eigenvalue weighted by Crippen LogP contribution is 2.33. The van der Waals surface area contributed by atoms with Crippen molar-refractivity contribution in [2.24, 2.45) is 5.92 Å². The van der Waals surface area contributed by atoms with Gasteiger partial charge < -0.3 is 5.32 Å². The van der Waals surface area contributed by atoms with E-state index in [1.165, 1.54) is 12.8 Å². The summed E-state index contributed by atoms with van der Waals surface area (Å²) in [7, 11) is 0. The predicted molar refractivity (Wildman–Crippen MR) is 83.4 cm³/mol. The van der Waals surface area contributed by atoms with E-state index in [9.17, 15) is 10.1 Å². The lowest BCUT2D eigenvalue weighted by molar-refractivity contribution is -0.383. The maximum absolute atomic E-state index is 11.1. The van der Waals surface area contributed by atoms with E-state index in [0.29, 0.717) is 11.4 Å². The molecule has 21 heavy (non-hydrogen) atoms. The number of rotatable bonds is 3. The molecule has 0 bridgehead atoms. The van der Waals surface area contributed by atoms with Crippen molar-refractivity contribution in [2.45, 2.75) is 38.6 Å². The van der Waals surface area contributed by atoms with Crippen LogP contribution in [0.15, 0.2) is 30.6 Å². The van der Waals surface area contributed by atoms with Gasteiger partial charge in [-0.1, -0.05) is 6.92 Å². The predicted octanol–water partition coefficient (Wildman–Crippen LogP) is 4.13. The van der Waals surface area contributed by atoms with E-state index in [4.69, 9.17) is 0 Å². The molecular weight excluding hydrogens is 266 g/mol. The minimum atomic E-state index is -0.339. The first kappa shape index (κ1) is 13.8. The number of hydrogen-bond donors (Lipinski definition) is 1. The molecule has 0 amide bonds. The van der Waals surface area contributed by atoms with Crippen molar-refractivity contribution in [3.8, 4) is 0 Å². The van der Waals surface area contributed by atoms with Gasteiger partial charge in [-0.3, -0.25) is 15.1 Å². The van der Waals surface area contributed by atoms with Gasteiger partial charge in [0.05, 0.1) is 10.3 Å². The van der Waals surface area contributed by atoms with E-state index >= 15 is 0 Å². The molecule has 0 unspecified atom stereocenters. The van der Waals surface area contributed by atoms with E-state index < -0.39 is 0 Å². The Morgan fingerprint density at radius 2 is 1.95 bits per heavy atom. The van der Waals surface area contributed by atoms with E-state index in [1.807, 2.05) is 0 Å². The van der Waals surface area contributed by atoms with Gasteiger partial charge in [0.15, 0.2) is 0 Å². The lowest BCUT2D eigenvalue weighted by atomic mass is 9.87. The Bertz CT molecular complexity index is 664. The van der Waals surface area contributed by atoms with Crippen LogP contribution >= 0.6 is 0 Å². The molecule has 0 atom stereocenters. The number of pyridine rings is 1. The Kier molecular flexibility index (Phi) is 3.73. The lowest BCUT2D eigenvalue weighted by Crippen LogP contribution is -2.25. The van der Waals surface area contributed by atoms with Gasteiger partial charge in [0.25, 0.3) is 5.69 Å². The van der Waals surface area contributed by atoms with Crippen LogP contribution in [0.5, 0.6) is 0 Å². The third-order valence-electron chi connectivity index (χ3n) is 4.37. The number of nitrogens with zero attached hydrogens (tertiary/aromatic N) is 2. The maximum Gasteiger partial charge on any atom is 0.277 e. The molecule has 1 fully saturated rings. The summed E-state index contributed by atoms with van der Waals surface area (Å²) in [4.78, 5) is 14.9. The maximum atomic E-state index is 11.1. The van der Waals surface area contributed by atoms with Crippen LogP contribution in [0.2, 0.25) is 0 Å². The molecule has 1 aliphatic carbocycles. The third-order valence-corrected chi connectivity index (χ3v) is 4.37. The second-order valence-corrected chi connectivity index (χ2v) is 5.91. The summed E-state index contributed by atoms with van der Waals surface area (Å²) in [5.74, 6) is 0.804. The summed E-state index contributed by atoms with van der Waals surface area (Å²) < 4.78 is 0. The van der Waals surface area contributed by atoms with Crippen LogP contribution in [-0.2, 0) is 0 Å². The van der Waals surface area contributed by atoms with Gasteiger partial charge in [0.1, 0.15) is 0 Å². The molecule has 3 rings (SSSR count). The zero-order valence-corrected chi connectivity index (χ0v) is 12.1. The van der Waals surface area contributed by atoms with E-state index in [-0.39, 0.29) is 10.6 Å². The molecule has 1 heterocycles. The summed E-state index contributed by atoms with van der Waals surface area (Å²) in [6.45, 7) is 2.29. The van der Waals surface area contributed by atoms with Gasteiger partial charge in [-0.05, 0) is 43.7 Å². The Balaban J connectivity index is 1.93. The average molecular weight is 285 g/mol. The summed E-state index contributed by atoms with van der Waals surface area (Å²) in [5.41, 5.74) is 1.08. The number of fused-ring (bicyclic) bond motifs is 1. The van der Waals surface area contributed by atoms with Crippen molar-refractivity contribution in [3.05, 3.63) is 40.7 Å².